The Balaban J connectivity index is 1.81. The molecule has 126 valence electrons. The van der Waals surface area contributed by atoms with Gasteiger partial charge in [0.15, 0.2) is 0 Å². The molecule has 1 aliphatic rings. The van der Waals surface area contributed by atoms with Crippen LogP contribution >= 0.6 is 23.2 Å². The Morgan fingerprint density at radius 1 is 1.33 bits per heavy atom. The van der Waals surface area contributed by atoms with Crippen LogP contribution in [-0.4, -0.2) is 32.5 Å². The molecule has 0 bridgehead atoms. The number of nitrogens with one attached hydrogen (secondary N) is 2. The van der Waals surface area contributed by atoms with E-state index in [1.165, 1.54) is 15.3 Å². The quantitative estimate of drug-likeness (QED) is 0.705. The number of rotatable bonds is 2. The van der Waals surface area contributed by atoms with Crippen LogP contribution < -0.4 is 4.72 Å². The summed E-state index contributed by atoms with van der Waals surface area (Å²) >= 11 is 12.4. The van der Waals surface area contributed by atoms with Gasteiger partial charge in [-0.25, -0.2) is 4.98 Å². The van der Waals surface area contributed by atoms with Crippen LogP contribution in [0.2, 0.25) is 10.0 Å². The van der Waals surface area contributed by atoms with Crippen molar-refractivity contribution >= 4 is 50.0 Å². The van der Waals surface area contributed by atoms with Gasteiger partial charge in [0.25, 0.3) is 0 Å². The molecule has 11 heteroatoms. The summed E-state index contributed by atoms with van der Waals surface area (Å²) in [4.78, 5) is 7.05. The van der Waals surface area contributed by atoms with Crippen molar-refractivity contribution in [1.82, 2.24) is 24.1 Å². The molecule has 2 aromatic heterocycles. The van der Waals surface area contributed by atoms with Crippen molar-refractivity contribution in [2.75, 3.05) is 4.72 Å². The zero-order valence-electron chi connectivity index (χ0n) is 12.4. The molecule has 0 spiro atoms. The topological polar surface area (TPSA) is 95.9 Å². The minimum Gasteiger partial charge on any atom is -0.358 e. The number of hydrogen-bond donors (Lipinski definition) is 2. The van der Waals surface area contributed by atoms with Crippen molar-refractivity contribution in [3.63, 3.8) is 0 Å². The third kappa shape index (κ3) is 2.35. The third-order valence-corrected chi connectivity index (χ3v) is 5.98. The van der Waals surface area contributed by atoms with E-state index >= 15 is 0 Å². The number of aromatic nitrogens is 4. The second-order valence-corrected chi connectivity index (χ2v) is 7.94. The molecule has 24 heavy (non-hydrogen) atoms. The van der Waals surface area contributed by atoms with Crippen LogP contribution in [0.3, 0.4) is 0 Å². The molecule has 3 aromatic rings. The molecule has 0 amide bonds. The van der Waals surface area contributed by atoms with Crippen molar-refractivity contribution in [1.29, 1.82) is 0 Å². The molecular formula is C13H12Cl2N6O2S. The van der Waals surface area contributed by atoms with Crippen LogP contribution in [0.4, 0.5) is 5.69 Å². The van der Waals surface area contributed by atoms with Gasteiger partial charge < -0.3 is 4.98 Å². The Kier molecular flexibility index (Phi) is 3.50. The number of fused-ring (bicyclic) bond motifs is 3. The molecule has 3 heterocycles. The smallest absolute Gasteiger partial charge is 0.302 e. The number of halogens is 2. The lowest BCUT2D eigenvalue weighted by molar-refractivity contribution is 0.384. The van der Waals surface area contributed by atoms with Crippen LogP contribution in [0.5, 0.6) is 0 Å². The van der Waals surface area contributed by atoms with Gasteiger partial charge in [-0.3, -0.25) is 9.40 Å². The summed E-state index contributed by atoms with van der Waals surface area (Å²) in [6.45, 7) is 0.274. The van der Waals surface area contributed by atoms with E-state index in [1.54, 1.807) is 19.3 Å². The van der Waals surface area contributed by atoms with E-state index in [1.807, 2.05) is 0 Å². The lowest BCUT2D eigenvalue weighted by Crippen LogP contribution is -2.39. The Hall–Kier alpha value is -1.81. The third-order valence-electron chi connectivity index (χ3n) is 3.98. The number of H-pyrrole nitrogens is 1. The fraction of sp³-hybridized carbons (Fsp3) is 0.231. The largest absolute Gasteiger partial charge is 0.358 e. The molecule has 0 saturated heterocycles. The van der Waals surface area contributed by atoms with Gasteiger partial charge in [0, 0.05) is 25.2 Å². The van der Waals surface area contributed by atoms with E-state index in [-0.39, 0.29) is 13.1 Å². The lowest BCUT2D eigenvalue weighted by Gasteiger charge is -2.29. The van der Waals surface area contributed by atoms with Gasteiger partial charge in [-0.05, 0) is 11.6 Å². The number of aryl methyl sites for hydroxylation is 1. The average molecular weight is 387 g/mol. The van der Waals surface area contributed by atoms with Gasteiger partial charge in [0.1, 0.15) is 12.2 Å². The first kappa shape index (κ1) is 15.7. The van der Waals surface area contributed by atoms with Gasteiger partial charge in [-0.2, -0.15) is 17.8 Å². The van der Waals surface area contributed by atoms with Crippen LogP contribution in [0, 0.1) is 0 Å². The van der Waals surface area contributed by atoms with Gasteiger partial charge >= 0.3 is 10.2 Å². The van der Waals surface area contributed by atoms with Crippen molar-refractivity contribution < 1.29 is 8.42 Å². The number of nitrogens with zero attached hydrogens (tertiary/aromatic N) is 4. The number of anilines is 1. The van der Waals surface area contributed by atoms with Gasteiger partial charge in [-0.15, -0.1) is 0 Å². The first-order valence-electron chi connectivity index (χ1n) is 6.95. The van der Waals surface area contributed by atoms with Crippen LogP contribution in [0.15, 0.2) is 18.6 Å². The first-order chi connectivity index (χ1) is 11.4. The first-order valence-corrected chi connectivity index (χ1v) is 9.15. The molecular weight excluding hydrogens is 375 g/mol. The predicted molar refractivity (Wildman–Crippen MR) is 91.1 cm³/mol. The Morgan fingerprint density at radius 3 is 2.83 bits per heavy atom. The predicted octanol–water partition coefficient (Wildman–Crippen LogP) is 2.28. The molecule has 0 aliphatic carbocycles. The molecule has 0 unspecified atom stereocenters. The lowest BCUT2D eigenvalue weighted by atomic mass is 10.1. The standard InChI is InChI=1S/C13H12Cl2N6O2S/c1-20-10(17-6-18-20)5-21-4-7-2-8(14)11-9(15)3-16-13(11)12(7)19-24(21,22)23/h2-3,6,16,19H,4-5H2,1H3. The summed E-state index contributed by atoms with van der Waals surface area (Å²) in [6, 6.07) is 1.73. The van der Waals surface area contributed by atoms with Gasteiger partial charge in [0.05, 0.1) is 27.8 Å². The minimum atomic E-state index is -3.73. The van der Waals surface area contributed by atoms with E-state index in [4.69, 9.17) is 23.2 Å². The normalized spacial score (nSPS) is 17.0. The van der Waals surface area contributed by atoms with Crippen molar-refractivity contribution in [3.05, 3.63) is 40.0 Å². The van der Waals surface area contributed by atoms with Crippen molar-refractivity contribution in [2.45, 2.75) is 13.1 Å². The summed E-state index contributed by atoms with van der Waals surface area (Å²) in [5, 5.41) is 5.46. The van der Waals surface area contributed by atoms with Crippen LogP contribution in [0.1, 0.15) is 11.4 Å². The SMILES string of the molecule is Cn1ncnc1CN1Cc2cc(Cl)c3c(Cl)c[nH]c3c2NS1(=O)=O. The maximum atomic E-state index is 12.6. The fourth-order valence-electron chi connectivity index (χ4n) is 2.76. The summed E-state index contributed by atoms with van der Waals surface area (Å²) in [5.41, 5.74) is 1.79. The summed E-state index contributed by atoms with van der Waals surface area (Å²) in [7, 11) is -2.02. The maximum absolute atomic E-state index is 12.6. The Bertz CT molecular complexity index is 1060. The fourth-order valence-corrected chi connectivity index (χ4v) is 4.60. The van der Waals surface area contributed by atoms with E-state index in [0.717, 1.165) is 5.56 Å². The molecule has 8 nitrogen and oxygen atoms in total. The monoisotopic (exact) mass is 386 g/mol. The molecule has 0 radical (unpaired) electrons. The highest BCUT2D eigenvalue weighted by Crippen LogP contribution is 2.40. The average Bonchev–Trinajstić information content (AvgIpc) is 3.08. The van der Waals surface area contributed by atoms with E-state index in [9.17, 15) is 8.42 Å². The second-order valence-electron chi connectivity index (χ2n) is 5.45. The summed E-state index contributed by atoms with van der Waals surface area (Å²) in [5.74, 6) is 0.541. The molecule has 4 rings (SSSR count). The van der Waals surface area contributed by atoms with Gasteiger partial charge in [0.2, 0.25) is 0 Å². The Morgan fingerprint density at radius 2 is 2.12 bits per heavy atom. The van der Waals surface area contributed by atoms with Crippen LogP contribution in [0.25, 0.3) is 10.9 Å². The van der Waals surface area contributed by atoms with E-state index in [2.05, 4.69) is 19.8 Å². The molecule has 1 aliphatic heterocycles. The molecule has 0 atom stereocenters. The highest BCUT2D eigenvalue weighted by molar-refractivity contribution is 7.90. The zero-order chi connectivity index (χ0) is 17.1. The number of hydrogen-bond acceptors (Lipinski definition) is 4. The van der Waals surface area contributed by atoms with E-state index < -0.39 is 10.2 Å². The second kappa shape index (κ2) is 5.35. The van der Waals surface area contributed by atoms with Crippen molar-refractivity contribution in [2.24, 2.45) is 7.05 Å². The van der Waals surface area contributed by atoms with Crippen LogP contribution in [-0.2, 0) is 30.3 Å². The maximum Gasteiger partial charge on any atom is 0.302 e. The summed E-state index contributed by atoms with van der Waals surface area (Å²) < 4.78 is 30.6. The molecule has 0 saturated carbocycles. The number of aromatic amines is 1. The highest BCUT2D eigenvalue weighted by atomic mass is 35.5. The highest BCUT2D eigenvalue weighted by Gasteiger charge is 2.32. The zero-order valence-corrected chi connectivity index (χ0v) is 14.7. The molecule has 1 aromatic carbocycles. The Labute approximate surface area is 147 Å². The van der Waals surface area contributed by atoms with Gasteiger partial charge in [-0.1, -0.05) is 23.2 Å². The van der Waals surface area contributed by atoms with Crippen molar-refractivity contribution in [3.8, 4) is 0 Å². The minimum absolute atomic E-state index is 0.104. The van der Waals surface area contributed by atoms with E-state index in [0.29, 0.717) is 32.5 Å². The summed E-state index contributed by atoms with van der Waals surface area (Å²) in [6.07, 6.45) is 2.97. The molecule has 2 N–H and O–H groups in total. The number of benzene rings is 1. The molecule has 0 fully saturated rings.